The minimum atomic E-state index is -4.73. The van der Waals surface area contributed by atoms with E-state index in [-0.39, 0.29) is 29.5 Å². The zero-order chi connectivity index (χ0) is 26.6. The highest BCUT2D eigenvalue weighted by molar-refractivity contribution is 5.73. The molecule has 0 saturated carbocycles. The Kier molecular flexibility index (Phi) is 7.35. The Bertz CT molecular complexity index is 1370. The van der Waals surface area contributed by atoms with Crippen LogP contribution in [0.5, 0.6) is 5.88 Å². The van der Waals surface area contributed by atoms with Gasteiger partial charge in [0.2, 0.25) is 17.9 Å². The van der Waals surface area contributed by atoms with E-state index >= 15 is 0 Å². The molecule has 2 aromatic heterocycles. The second kappa shape index (κ2) is 10.6. The fourth-order valence-electron chi connectivity index (χ4n) is 3.64. The molecule has 4 aromatic rings. The number of carboxylic acids is 1. The summed E-state index contributed by atoms with van der Waals surface area (Å²) in [4.78, 5) is 22.8. The number of ether oxygens (including phenoxy) is 1. The van der Waals surface area contributed by atoms with Gasteiger partial charge < -0.3 is 21.3 Å². The molecule has 0 saturated heterocycles. The summed E-state index contributed by atoms with van der Waals surface area (Å²) < 4.78 is 47.3. The summed E-state index contributed by atoms with van der Waals surface area (Å²) in [7, 11) is 0. The number of aromatic nitrogens is 3. The molecule has 11 heteroatoms. The molecule has 0 amide bonds. The largest absolute Gasteiger partial charge is 0.480 e. The van der Waals surface area contributed by atoms with Crippen LogP contribution in [0.4, 0.5) is 19.1 Å². The fourth-order valence-corrected chi connectivity index (χ4v) is 3.64. The Labute approximate surface area is 209 Å². The number of nitrogens with two attached hydrogens (primary N) is 2. The fraction of sp³-hybridized carbons (Fsp3) is 0.154. The van der Waals surface area contributed by atoms with E-state index in [2.05, 4.69) is 15.0 Å². The standard InChI is InChI=1S/C26H22F3N5O3/c27-26(28,29)23(19-7-5-16(6-8-19)17-9-11-32-12-10-17)37-22-14-21(33-25(31)34-22)18-3-1-15(2-4-18)13-20(30)24(35)36/h1-12,14,20,23H,13,30H2,(H,35,36)(H2,31,33,34)/t20?,23-/m0/s1. The van der Waals surface area contributed by atoms with E-state index in [1.165, 1.54) is 18.2 Å². The molecule has 8 nitrogen and oxygen atoms in total. The predicted molar refractivity (Wildman–Crippen MR) is 130 cm³/mol. The van der Waals surface area contributed by atoms with Crippen LogP contribution in [-0.2, 0) is 11.2 Å². The summed E-state index contributed by atoms with van der Waals surface area (Å²) >= 11 is 0. The molecule has 5 N–H and O–H groups in total. The van der Waals surface area contributed by atoms with Crippen LogP contribution in [0, 0.1) is 0 Å². The lowest BCUT2D eigenvalue weighted by Gasteiger charge is -2.22. The normalized spacial score (nSPS) is 13.1. The minimum Gasteiger partial charge on any atom is -0.480 e. The molecular formula is C26H22F3N5O3. The van der Waals surface area contributed by atoms with Crippen LogP contribution in [0.25, 0.3) is 22.4 Å². The number of carboxylic acid groups (broad SMARTS) is 1. The van der Waals surface area contributed by atoms with E-state index in [1.54, 1.807) is 60.9 Å². The van der Waals surface area contributed by atoms with Gasteiger partial charge in [0.05, 0.1) is 5.69 Å². The van der Waals surface area contributed by atoms with E-state index in [0.29, 0.717) is 11.1 Å². The maximum absolute atomic E-state index is 14.0. The second-order valence-electron chi connectivity index (χ2n) is 8.19. The first-order valence-corrected chi connectivity index (χ1v) is 11.1. The third-order valence-corrected chi connectivity index (χ3v) is 5.51. The van der Waals surface area contributed by atoms with Crippen molar-refractivity contribution in [3.05, 3.63) is 90.3 Å². The van der Waals surface area contributed by atoms with Crippen molar-refractivity contribution >= 4 is 11.9 Å². The number of aliphatic carboxylic acids is 1. The summed E-state index contributed by atoms with van der Waals surface area (Å²) in [6.45, 7) is 0. The van der Waals surface area contributed by atoms with Gasteiger partial charge in [0.15, 0.2) is 0 Å². The summed E-state index contributed by atoms with van der Waals surface area (Å²) in [5.41, 5.74) is 14.2. The second-order valence-corrected chi connectivity index (χ2v) is 8.19. The van der Waals surface area contributed by atoms with Crippen molar-refractivity contribution in [3.8, 4) is 28.3 Å². The first-order valence-electron chi connectivity index (χ1n) is 11.1. The molecule has 2 heterocycles. The minimum absolute atomic E-state index is 0.108. The summed E-state index contributed by atoms with van der Waals surface area (Å²) in [6, 6.07) is 16.1. The number of hydrogen-bond donors (Lipinski definition) is 3. The first-order chi connectivity index (χ1) is 17.6. The van der Waals surface area contributed by atoms with Gasteiger partial charge in [0, 0.05) is 29.6 Å². The van der Waals surface area contributed by atoms with Crippen LogP contribution < -0.4 is 16.2 Å². The molecule has 0 aliphatic carbocycles. The molecule has 0 bridgehead atoms. The summed E-state index contributed by atoms with van der Waals surface area (Å²) in [5.74, 6) is -1.74. The molecule has 2 aromatic carbocycles. The molecule has 0 aliphatic rings. The van der Waals surface area contributed by atoms with E-state index in [0.717, 1.165) is 11.1 Å². The van der Waals surface area contributed by atoms with Gasteiger partial charge in [-0.05, 0) is 35.2 Å². The van der Waals surface area contributed by atoms with Gasteiger partial charge in [-0.25, -0.2) is 4.98 Å². The third kappa shape index (κ3) is 6.39. The van der Waals surface area contributed by atoms with E-state index in [9.17, 15) is 18.0 Å². The smallest absolute Gasteiger partial charge is 0.429 e. The Morgan fingerprint density at radius 1 is 0.919 bits per heavy atom. The van der Waals surface area contributed by atoms with Gasteiger partial charge in [0.25, 0.3) is 0 Å². The number of alkyl halides is 3. The molecule has 0 radical (unpaired) electrons. The molecule has 190 valence electrons. The molecule has 0 fully saturated rings. The van der Waals surface area contributed by atoms with Gasteiger partial charge in [-0.15, -0.1) is 0 Å². The number of anilines is 1. The first kappa shape index (κ1) is 25.6. The lowest BCUT2D eigenvalue weighted by atomic mass is 10.0. The molecule has 0 spiro atoms. The Balaban J connectivity index is 1.58. The van der Waals surface area contributed by atoms with Crippen LogP contribution in [0.3, 0.4) is 0 Å². The molecular weight excluding hydrogens is 487 g/mol. The Morgan fingerprint density at radius 2 is 1.51 bits per heavy atom. The Hall–Kier alpha value is -4.51. The highest BCUT2D eigenvalue weighted by Crippen LogP contribution is 2.38. The topological polar surface area (TPSA) is 137 Å². The van der Waals surface area contributed by atoms with Crippen molar-refractivity contribution in [2.75, 3.05) is 5.73 Å². The number of hydrogen-bond acceptors (Lipinski definition) is 7. The van der Waals surface area contributed by atoms with Crippen molar-refractivity contribution in [1.82, 2.24) is 15.0 Å². The maximum Gasteiger partial charge on any atom is 0.429 e. The average molecular weight is 509 g/mol. The lowest BCUT2D eigenvalue weighted by molar-refractivity contribution is -0.198. The molecule has 0 aliphatic heterocycles. The van der Waals surface area contributed by atoms with E-state index in [4.69, 9.17) is 21.3 Å². The van der Waals surface area contributed by atoms with E-state index < -0.39 is 24.3 Å². The number of nitrogens with zero attached hydrogens (tertiary/aromatic N) is 3. The van der Waals surface area contributed by atoms with E-state index in [1.807, 2.05) is 0 Å². The maximum atomic E-state index is 14.0. The van der Waals surface area contributed by atoms with Gasteiger partial charge >= 0.3 is 12.1 Å². The van der Waals surface area contributed by atoms with Crippen molar-refractivity contribution in [1.29, 1.82) is 0 Å². The molecule has 2 atom stereocenters. The van der Waals surface area contributed by atoms with Crippen LogP contribution in [0.2, 0.25) is 0 Å². The lowest BCUT2D eigenvalue weighted by Crippen LogP contribution is -2.32. The number of nitrogen functional groups attached to an aromatic ring is 1. The van der Waals surface area contributed by atoms with Crippen LogP contribution in [0.1, 0.15) is 17.2 Å². The summed E-state index contributed by atoms with van der Waals surface area (Å²) in [6.07, 6.45) is -3.71. The highest BCUT2D eigenvalue weighted by atomic mass is 19.4. The van der Waals surface area contributed by atoms with Gasteiger partial charge in [-0.2, -0.15) is 18.2 Å². The Morgan fingerprint density at radius 3 is 2.11 bits per heavy atom. The number of rotatable bonds is 8. The van der Waals surface area contributed by atoms with Crippen molar-refractivity contribution in [2.45, 2.75) is 24.7 Å². The van der Waals surface area contributed by atoms with Crippen LogP contribution in [-0.4, -0.2) is 38.2 Å². The highest BCUT2D eigenvalue weighted by Gasteiger charge is 2.43. The van der Waals surface area contributed by atoms with Crippen LogP contribution in [0.15, 0.2) is 79.1 Å². The average Bonchev–Trinajstić information content (AvgIpc) is 2.87. The third-order valence-electron chi connectivity index (χ3n) is 5.51. The van der Waals surface area contributed by atoms with Gasteiger partial charge in [0.1, 0.15) is 6.04 Å². The van der Waals surface area contributed by atoms with Crippen molar-refractivity contribution < 1.29 is 27.8 Å². The number of benzene rings is 2. The zero-order valence-corrected chi connectivity index (χ0v) is 19.3. The van der Waals surface area contributed by atoms with Crippen LogP contribution >= 0.6 is 0 Å². The van der Waals surface area contributed by atoms with Gasteiger partial charge in [-0.1, -0.05) is 48.5 Å². The molecule has 37 heavy (non-hydrogen) atoms. The van der Waals surface area contributed by atoms with Gasteiger partial charge in [-0.3, -0.25) is 9.78 Å². The van der Waals surface area contributed by atoms with Crippen molar-refractivity contribution in [2.24, 2.45) is 5.73 Å². The summed E-state index contributed by atoms with van der Waals surface area (Å²) in [5, 5.41) is 8.96. The number of halogens is 3. The van der Waals surface area contributed by atoms with Crippen molar-refractivity contribution in [3.63, 3.8) is 0 Å². The predicted octanol–water partition coefficient (Wildman–Crippen LogP) is 4.42. The monoisotopic (exact) mass is 509 g/mol. The zero-order valence-electron chi connectivity index (χ0n) is 19.3. The number of pyridine rings is 1. The number of carbonyl (C=O) groups is 1. The quantitative estimate of drug-likeness (QED) is 0.317. The molecule has 1 unspecified atom stereocenters. The molecule has 4 rings (SSSR count). The SMILES string of the molecule is Nc1nc(O[C@@H](c2ccc(-c3ccncc3)cc2)C(F)(F)F)cc(-c2ccc(CC(N)C(=O)O)cc2)n1.